The predicted molar refractivity (Wildman–Crippen MR) is 80.0 cm³/mol. The number of aromatic amines is 1. The van der Waals surface area contributed by atoms with Crippen molar-refractivity contribution in [3.63, 3.8) is 0 Å². The largest absolute Gasteiger partial charge is 0.390 e. The van der Waals surface area contributed by atoms with Crippen LogP contribution in [0.15, 0.2) is 24.5 Å². The molecule has 1 fully saturated rings. The third kappa shape index (κ3) is 3.71. The standard InChI is InChI=1S/C15H23N5O/c1-12-8-15(18-17-12)13-4-2-6-19(9-13)10-14(21)11-20-7-3-5-16-20/h3,5,7-8,13-14,21H,2,4,6,9-11H2,1H3,(H,17,18)/t13-,14-/m0/s1. The Bertz CT molecular complexity index is 550. The second-order valence-electron chi connectivity index (χ2n) is 5.96. The maximum Gasteiger partial charge on any atom is 0.0862 e. The van der Waals surface area contributed by atoms with E-state index in [0.29, 0.717) is 19.0 Å². The number of piperidine rings is 1. The molecule has 1 aliphatic heterocycles. The summed E-state index contributed by atoms with van der Waals surface area (Å²) in [6, 6.07) is 4.01. The van der Waals surface area contributed by atoms with Gasteiger partial charge in [-0.3, -0.25) is 9.78 Å². The molecule has 2 N–H and O–H groups in total. The summed E-state index contributed by atoms with van der Waals surface area (Å²) in [4.78, 5) is 2.34. The van der Waals surface area contributed by atoms with Gasteiger partial charge in [-0.15, -0.1) is 0 Å². The highest BCUT2D eigenvalue weighted by Crippen LogP contribution is 2.25. The quantitative estimate of drug-likeness (QED) is 0.866. The first-order valence-electron chi connectivity index (χ1n) is 7.60. The van der Waals surface area contributed by atoms with Crippen LogP contribution in [0.1, 0.15) is 30.1 Å². The van der Waals surface area contributed by atoms with Gasteiger partial charge in [0.1, 0.15) is 0 Å². The average molecular weight is 289 g/mol. The minimum absolute atomic E-state index is 0.385. The minimum atomic E-state index is -0.385. The van der Waals surface area contributed by atoms with Crippen LogP contribution >= 0.6 is 0 Å². The van der Waals surface area contributed by atoms with Gasteiger partial charge in [0.15, 0.2) is 0 Å². The van der Waals surface area contributed by atoms with Crippen LogP contribution in [0, 0.1) is 6.92 Å². The van der Waals surface area contributed by atoms with Crippen molar-refractivity contribution in [2.45, 2.75) is 38.3 Å². The summed E-state index contributed by atoms with van der Waals surface area (Å²) in [6.45, 7) is 5.30. The van der Waals surface area contributed by atoms with Crippen LogP contribution in [0.2, 0.25) is 0 Å². The van der Waals surface area contributed by atoms with E-state index in [1.54, 1.807) is 10.9 Å². The van der Waals surface area contributed by atoms with Crippen molar-refractivity contribution >= 4 is 0 Å². The van der Waals surface area contributed by atoms with Gasteiger partial charge in [0.2, 0.25) is 0 Å². The molecule has 1 aliphatic rings. The number of hydrogen-bond acceptors (Lipinski definition) is 4. The number of hydrogen-bond donors (Lipinski definition) is 2. The highest BCUT2D eigenvalue weighted by atomic mass is 16.3. The number of aromatic nitrogens is 4. The summed E-state index contributed by atoms with van der Waals surface area (Å²) in [6.07, 6.45) is 5.57. The first kappa shape index (κ1) is 14.3. The van der Waals surface area contributed by atoms with Gasteiger partial charge in [-0.25, -0.2) is 0 Å². The average Bonchev–Trinajstić information content (AvgIpc) is 3.10. The first-order chi connectivity index (χ1) is 10.2. The normalized spacial score (nSPS) is 21.5. The van der Waals surface area contributed by atoms with E-state index in [4.69, 9.17) is 0 Å². The molecule has 0 saturated carbocycles. The molecule has 0 unspecified atom stereocenters. The van der Waals surface area contributed by atoms with Crippen LogP contribution in [0.5, 0.6) is 0 Å². The van der Waals surface area contributed by atoms with E-state index in [0.717, 1.165) is 30.9 Å². The van der Waals surface area contributed by atoms with E-state index in [1.807, 2.05) is 19.2 Å². The number of rotatable bonds is 5. The van der Waals surface area contributed by atoms with E-state index in [9.17, 15) is 5.11 Å². The Morgan fingerprint density at radius 3 is 3.10 bits per heavy atom. The molecular weight excluding hydrogens is 266 g/mol. The number of likely N-dealkylation sites (tertiary alicyclic amines) is 1. The van der Waals surface area contributed by atoms with Gasteiger partial charge < -0.3 is 10.0 Å². The highest BCUT2D eigenvalue weighted by molar-refractivity contribution is 5.13. The maximum atomic E-state index is 10.2. The molecule has 6 nitrogen and oxygen atoms in total. The second-order valence-corrected chi connectivity index (χ2v) is 5.96. The fraction of sp³-hybridized carbons (Fsp3) is 0.600. The molecular formula is C15H23N5O. The lowest BCUT2D eigenvalue weighted by atomic mass is 9.94. The number of aliphatic hydroxyl groups is 1. The van der Waals surface area contributed by atoms with Crippen molar-refractivity contribution in [2.24, 2.45) is 0 Å². The van der Waals surface area contributed by atoms with Crippen LogP contribution < -0.4 is 0 Å². The summed E-state index contributed by atoms with van der Waals surface area (Å²) in [5.74, 6) is 0.473. The molecule has 3 heterocycles. The van der Waals surface area contributed by atoms with Gasteiger partial charge >= 0.3 is 0 Å². The molecule has 0 aliphatic carbocycles. The molecule has 1 saturated heterocycles. The van der Waals surface area contributed by atoms with E-state index in [2.05, 4.69) is 26.3 Å². The Hall–Kier alpha value is -1.66. The summed E-state index contributed by atoms with van der Waals surface area (Å²) < 4.78 is 1.78. The number of aliphatic hydroxyl groups excluding tert-OH is 1. The lowest BCUT2D eigenvalue weighted by Gasteiger charge is -2.33. The Labute approximate surface area is 124 Å². The lowest BCUT2D eigenvalue weighted by Crippen LogP contribution is -2.40. The van der Waals surface area contributed by atoms with Crippen molar-refractivity contribution < 1.29 is 5.11 Å². The predicted octanol–water partition coefficient (Wildman–Crippen LogP) is 1.16. The molecule has 21 heavy (non-hydrogen) atoms. The molecule has 2 aromatic rings. The van der Waals surface area contributed by atoms with Gasteiger partial charge in [-0.2, -0.15) is 10.2 Å². The van der Waals surface area contributed by atoms with Crippen LogP contribution in [-0.2, 0) is 6.54 Å². The monoisotopic (exact) mass is 289 g/mol. The van der Waals surface area contributed by atoms with Crippen molar-refractivity contribution in [2.75, 3.05) is 19.6 Å². The maximum absolute atomic E-state index is 10.2. The van der Waals surface area contributed by atoms with Crippen LogP contribution in [0.3, 0.4) is 0 Å². The van der Waals surface area contributed by atoms with Gasteiger partial charge in [-0.1, -0.05) is 0 Å². The number of aryl methyl sites for hydroxylation is 1. The van der Waals surface area contributed by atoms with Crippen molar-refractivity contribution in [3.05, 3.63) is 35.9 Å². The Morgan fingerprint density at radius 1 is 1.48 bits per heavy atom. The third-order valence-electron chi connectivity index (χ3n) is 4.08. The van der Waals surface area contributed by atoms with Crippen molar-refractivity contribution in [1.82, 2.24) is 24.9 Å². The zero-order valence-corrected chi connectivity index (χ0v) is 12.4. The number of H-pyrrole nitrogens is 1. The topological polar surface area (TPSA) is 70.0 Å². The number of nitrogens with one attached hydrogen (secondary N) is 1. The van der Waals surface area contributed by atoms with Crippen LogP contribution in [0.25, 0.3) is 0 Å². The van der Waals surface area contributed by atoms with Gasteiger partial charge in [0, 0.05) is 37.1 Å². The van der Waals surface area contributed by atoms with E-state index < -0.39 is 0 Å². The Balaban J connectivity index is 1.53. The number of nitrogens with zero attached hydrogens (tertiary/aromatic N) is 4. The smallest absolute Gasteiger partial charge is 0.0862 e. The summed E-state index contributed by atoms with van der Waals surface area (Å²) >= 11 is 0. The third-order valence-corrected chi connectivity index (χ3v) is 4.08. The lowest BCUT2D eigenvalue weighted by molar-refractivity contribution is 0.0804. The molecule has 0 radical (unpaired) electrons. The van der Waals surface area contributed by atoms with E-state index in [-0.39, 0.29) is 6.10 Å². The molecule has 3 rings (SSSR count). The van der Waals surface area contributed by atoms with E-state index in [1.165, 1.54) is 6.42 Å². The molecule has 0 bridgehead atoms. The van der Waals surface area contributed by atoms with Crippen molar-refractivity contribution in [1.29, 1.82) is 0 Å². The fourth-order valence-electron chi connectivity index (χ4n) is 3.09. The molecule has 0 aromatic carbocycles. The van der Waals surface area contributed by atoms with E-state index >= 15 is 0 Å². The molecule has 6 heteroatoms. The molecule has 114 valence electrons. The number of β-amino-alcohol motifs (C(OH)–C–C–N with tert-alkyl or cyclic N) is 1. The zero-order valence-electron chi connectivity index (χ0n) is 12.4. The summed E-state index contributed by atoms with van der Waals surface area (Å²) in [5, 5.41) is 21.8. The van der Waals surface area contributed by atoms with Gasteiger partial charge in [-0.05, 0) is 38.4 Å². The Morgan fingerprint density at radius 2 is 2.38 bits per heavy atom. The molecule has 2 aromatic heterocycles. The zero-order chi connectivity index (χ0) is 14.7. The molecule has 2 atom stereocenters. The Kier molecular flexibility index (Phi) is 4.36. The van der Waals surface area contributed by atoms with Gasteiger partial charge in [0.25, 0.3) is 0 Å². The SMILES string of the molecule is Cc1cc([C@H]2CCCN(C[C@H](O)Cn3cccn3)C2)n[nH]1. The summed E-state index contributed by atoms with van der Waals surface area (Å²) in [5.41, 5.74) is 2.26. The van der Waals surface area contributed by atoms with Crippen LogP contribution in [0.4, 0.5) is 0 Å². The van der Waals surface area contributed by atoms with Crippen molar-refractivity contribution in [3.8, 4) is 0 Å². The summed E-state index contributed by atoms with van der Waals surface area (Å²) in [7, 11) is 0. The van der Waals surface area contributed by atoms with Crippen LogP contribution in [-0.4, -0.2) is 55.7 Å². The second kappa shape index (κ2) is 6.41. The first-order valence-corrected chi connectivity index (χ1v) is 7.60. The van der Waals surface area contributed by atoms with Gasteiger partial charge in [0.05, 0.1) is 18.3 Å². The molecule has 0 amide bonds. The fourth-order valence-corrected chi connectivity index (χ4v) is 3.09. The minimum Gasteiger partial charge on any atom is -0.390 e. The molecule has 0 spiro atoms. The highest BCUT2D eigenvalue weighted by Gasteiger charge is 2.24.